The zero-order valence-electron chi connectivity index (χ0n) is 11.1. The molecule has 19 heavy (non-hydrogen) atoms. The Kier molecular flexibility index (Phi) is 3.03. The van der Waals surface area contributed by atoms with Crippen LogP contribution in [0.1, 0.15) is 42.3 Å². The Bertz CT molecular complexity index is 594. The second-order valence-corrected chi connectivity index (χ2v) is 5.32. The van der Waals surface area contributed by atoms with E-state index in [1.165, 1.54) is 0 Å². The normalized spacial score (nSPS) is 14.0. The van der Waals surface area contributed by atoms with E-state index in [1.54, 1.807) is 39.0 Å². The van der Waals surface area contributed by atoms with E-state index in [9.17, 15) is 9.59 Å². The van der Waals surface area contributed by atoms with Gasteiger partial charge in [-0.1, -0.05) is 6.07 Å². The van der Waals surface area contributed by atoms with Crippen molar-refractivity contribution >= 4 is 12.0 Å². The highest BCUT2D eigenvalue weighted by Crippen LogP contribution is 2.27. The third kappa shape index (κ3) is 2.43. The van der Waals surface area contributed by atoms with Crippen molar-refractivity contribution in [3.8, 4) is 6.07 Å². The lowest BCUT2D eigenvalue weighted by molar-refractivity contribution is 0.0248. The van der Waals surface area contributed by atoms with Crippen LogP contribution in [-0.4, -0.2) is 22.5 Å². The van der Waals surface area contributed by atoms with Gasteiger partial charge >= 0.3 is 6.09 Å². The van der Waals surface area contributed by atoms with E-state index in [4.69, 9.17) is 10.00 Å². The molecule has 2 rings (SSSR count). The number of benzene rings is 1. The number of ether oxygens (including phenoxy) is 1. The van der Waals surface area contributed by atoms with E-state index in [2.05, 4.69) is 0 Å². The van der Waals surface area contributed by atoms with Crippen molar-refractivity contribution in [2.45, 2.75) is 32.9 Å². The number of hydrogen-bond donors (Lipinski definition) is 0. The van der Waals surface area contributed by atoms with Crippen LogP contribution in [0, 0.1) is 11.3 Å². The lowest BCUT2D eigenvalue weighted by Crippen LogP contribution is -2.36. The molecule has 0 radical (unpaired) electrons. The topological polar surface area (TPSA) is 70.4 Å². The van der Waals surface area contributed by atoms with Gasteiger partial charge in [0.05, 0.1) is 18.2 Å². The van der Waals surface area contributed by atoms with Crippen molar-refractivity contribution < 1.29 is 14.3 Å². The summed E-state index contributed by atoms with van der Waals surface area (Å²) >= 11 is 0. The first kappa shape index (κ1) is 13.1. The molecule has 0 saturated heterocycles. The number of hydrogen-bond acceptors (Lipinski definition) is 4. The predicted octanol–water partition coefficient (Wildman–Crippen LogP) is 2.45. The van der Waals surface area contributed by atoms with Gasteiger partial charge < -0.3 is 4.74 Å². The van der Waals surface area contributed by atoms with Crippen molar-refractivity contribution in [2.24, 2.45) is 0 Å². The van der Waals surface area contributed by atoms with E-state index in [0.29, 0.717) is 16.7 Å². The molecule has 1 heterocycles. The van der Waals surface area contributed by atoms with Crippen molar-refractivity contribution in [1.82, 2.24) is 4.90 Å². The number of carbonyl (C=O) groups is 2. The molecule has 1 aliphatic heterocycles. The van der Waals surface area contributed by atoms with Gasteiger partial charge in [-0.05, 0) is 32.9 Å². The SMILES string of the molecule is CC(C)(C)OC(=O)N1Cc2c(C#N)cccc2C1=O. The Labute approximate surface area is 111 Å². The van der Waals surface area contributed by atoms with Gasteiger partial charge in [0.1, 0.15) is 5.60 Å². The van der Waals surface area contributed by atoms with Crippen LogP contribution in [-0.2, 0) is 11.3 Å². The van der Waals surface area contributed by atoms with Crippen molar-refractivity contribution in [1.29, 1.82) is 5.26 Å². The van der Waals surface area contributed by atoms with E-state index in [-0.39, 0.29) is 6.54 Å². The first-order chi connectivity index (χ1) is 8.83. The Morgan fingerprint density at radius 1 is 1.42 bits per heavy atom. The predicted molar refractivity (Wildman–Crippen MR) is 67.3 cm³/mol. The number of amides is 2. The number of imide groups is 1. The summed E-state index contributed by atoms with van der Waals surface area (Å²) < 4.78 is 5.18. The molecule has 5 nitrogen and oxygen atoms in total. The molecule has 1 aromatic rings. The van der Waals surface area contributed by atoms with Crippen molar-refractivity contribution in [3.05, 3.63) is 34.9 Å². The molecule has 0 aliphatic carbocycles. The van der Waals surface area contributed by atoms with Crippen LogP contribution in [0.25, 0.3) is 0 Å². The van der Waals surface area contributed by atoms with E-state index in [1.807, 2.05) is 6.07 Å². The zero-order valence-corrected chi connectivity index (χ0v) is 11.1. The van der Waals surface area contributed by atoms with Crippen LogP contribution < -0.4 is 0 Å². The minimum absolute atomic E-state index is 0.0901. The van der Waals surface area contributed by atoms with Crippen LogP contribution in [0.2, 0.25) is 0 Å². The highest BCUT2D eigenvalue weighted by molar-refractivity contribution is 6.06. The molecule has 0 saturated carbocycles. The summed E-state index contributed by atoms with van der Waals surface area (Å²) in [6.45, 7) is 5.30. The molecule has 0 N–H and O–H groups in total. The summed E-state index contributed by atoms with van der Waals surface area (Å²) in [5.74, 6) is -0.415. The van der Waals surface area contributed by atoms with E-state index in [0.717, 1.165) is 4.90 Å². The highest BCUT2D eigenvalue weighted by atomic mass is 16.6. The molecule has 0 atom stereocenters. The average molecular weight is 258 g/mol. The van der Waals surface area contributed by atoms with Gasteiger partial charge in [-0.15, -0.1) is 0 Å². The summed E-state index contributed by atoms with van der Waals surface area (Å²) in [5, 5.41) is 9.00. The molecule has 0 unspecified atom stereocenters. The van der Waals surface area contributed by atoms with Gasteiger partial charge in [0.2, 0.25) is 0 Å². The Hall–Kier alpha value is -2.35. The summed E-state index contributed by atoms with van der Waals surface area (Å²) in [6, 6.07) is 6.90. The minimum Gasteiger partial charge on any atom is -0.443 e. The maximum atomic E-state index is 12.1. The van der Waals surface area contributed by atoms with Gasteiger partial charge in [0.15, 0.2) is 0 Å². The summed E-state index contributed by atoms with van der Waals surface area (Å²) in [6.07, 6.45) is -0.683. The van der Waals surface area contributed by atoms with E-state index >= 15 is 0 Å². The molecule has 1 aromatic carbocycles. The summed E-state index contributed by atoms with van der Waals surface area (Å²) in [4.78, 5) is 25.1. The lowest BCUT2D eigenvalue weighted by atomic mass is 10.0. The van der Waals surface area contributed by atoms with Crippen molar-refractivity contribution in [2.75, 3.05) is 0 Å². The van der Waals surface area contributed by atoms with Gasteiger partial charge in [-0.2, -0.15) is 5.26 Å². The monoisotopic (exact) mass is 258 g/mol. The number of carbonyl (C=O) groups excluding carboxylic acids is 2. The lowest BCUT2D eigenvalue weighted by Gasteiger charge is -2.23. The number of rotatable bonds is 0. The fourth-order valence-corrected chi connectivity index (χ4v) is 1.90. The first-order valence-electron chi connectivity index (χ1n) is 5.90. The fourth-order valence-electron chi connectivity index (χ4n) is 1.90. The Morgan fingerprint density at radius 3 is 2.68 bits per heavy atom. The standard InChI is InChI=1S/C14H14N2O3/c1-14(2,3)19-13(18)16-8-11-9(7-15)5-4-6-10(11)12(16)17/h4-6H,8H2,1-3H3. The van der Waals surface area contributed by atoms with Crippen LogP contribution >= 0.6 is 0 Å². The van der Waals surface area contributed by atoms with Crippen LogP contribution in [0.15, 0.2) is 18.2 Å². The summed E-state index contributed by atoms with van der Waals surface area (Å²) in [5.41, 5.74) is 0.729. The molecule has 1 aliphatic rings. The molecular formula is C14H14N2O3. The minimum atomic E-state index is -0.683. The molecule has 0 bridgehead atoms. The van der Waals surface area contributed by atoms with Gasteiger partial charge in [-0.25, -0.2) is 9.69 Å². The Morgan fingerprint density at radius 2 is 2.11 bits per heavy atom. The largest absolute Gasteiger partial charge is 0.443 e. The third-order valence-electron chi connectivity index (χ3n) is 2.70. The quantitative estimate of drug-likeness (QED) is 0.716. The molecule has 0 aromatic heterocycles. The van der Waals surface area contributed by atoms with Gasteiger partial charge in [0.25, 0.3) is 5.91 Å². The molecule has 0 spiro atoms. The van der Waals surface area contributed by atoms with Gasteiger partial charge in [0, 0.05) is 11.1 Å². The maximum absolute atomic E-state index is 12.1. The number of nitriles is 1. The molecule has 98 valence electrons. The second kappa shape index (κ2) is 4.39. The summed E-state index contributed by atoms with van der Waals surface area (Å²) in [7, 11) is 0. The van der Waals surface area contributed by atoms with Gasteiger partial charge in [-0.3, -0.25) is 4.79 Å². The van der Waals surface area contributed by atoms with Crippen LogP contribution in [0.3, 0.4) is 0 Å². The average Bonchev–Trinajstić information content (AvgIpc) is 2.65. The smallest absolute Gasteiger partial charge is 0.417 e. The maximum Gasteiger partial charge on any atom is 0.417 e. The third-order valence-corrected chi connectivity index (χ3v) is 2.70. The van der Waals surface area contributed by atoms with Crippen LogP contribution in [0.4, 0.5) is 4.79 Å². The van der Waals surface area contributed by atoms with Crippen LogP contribution in [0.5, 0.6) is 0 Å². The van der Waals surface area contributed by atoms with E-state index < -0.39 is 17.6 Å². The highest BCUT2D eigenvalue weighted by Gasteiger charge is 2.36. The fraction of sp³-hybridized carbons (Fsp3) is 0.357. The molecule has 5 heteroatoms. The first-order valence-corrected chi connectivity index (χ1v) is 5.90. The number of fused-ring (bicyclic) bond motifs is 1. The molecule has 2 amide bonds. The van der Waals surface area contributed by atoms with Crippen molar-refractivity contribution in [3.63, 3.8) is 0 Å². The molecular weight excluding hydrogens is 244 g/mol. The second-order valence-electron chi connectivity index (χ2n) is 5.32. The number of nitrogens with zero attached hydrogens (tertiary/aromatic N) is 2. The zero-order chi connectivity index (χ0) is 14.2. The Balaban J connectivity index is 2.29. The molecule has 0 fully saturated rings.